The molecule has 0 bridgehead atoms. The van der Waals surface area contributed by atoms with E-state index >= 15 is 0 Å². The second-order valence-corrected chi connectivity index (χ2v) is 3.60. The largest absolute Gasteiger partial charge is 0.467 e. The summed E-state index contributed by atoms with van der Waals surface area (Å²) in [5.41, 5.74) is 3.41. The van der Waals surface area contributed by atoms with Crippen LogP contribution >= 0.6 is 0 Å². The summed E-state index contributed by atoms with van der Waals surface area (Å²) in [5.74, 6) is 6.00. The van der Waals surface area contributed by atoms with Crippen molar-refractivity contribution in [1.82, 2.24) is 0 Å². The van der Waals surface area contributed by atoms with E-state index in [4.69, 9.17) is 10.3 Å². The second kappa shape index (κ2) is 5.19. The minimum absolute atomic E-state index is 0.0348. The quantitative estimate of drug-likeness (QED) is 0.425. The highest BCUT2D eigenvalue weighted by Crippen LogP contribution is 2.24. The molecule has 7 heteroatoms. The summed E-state index contributed by atoms with van der Waals surface area (Å²) in [6.45, 7) is 0.443. The van der Waals surface area contributed by atoms with E-state index in [2.05, 4.69) is 10.7 Å². The highest BCUT2D eigenvalue weighted by atomic mass is 16.6. The van der Waals surface area contributed by atoms with E-state index in [0.29, 0.717) is 17.9 Å². The smallest absolute Gasteiger partial charge is 0.273 e. The van der Waals surface area contributed by atoms with Gasteiger partial charge >= 0.3 is 0 Å². The average Bonchev–Trinajstić information content (AvgIpc) is 2.89. The van der Waals surface area contributed by atoms with Crippen LogP contribution in [0.1, 0.15) is 5.76 Å². The van der Waals surface area contributed by atoms with Crippen LogP contribution in [0, 0.1) is 10.1 Å². The number of nitro groups is 1. The number of nitrogens with two attached hydrogens (primary N) is 1. The van der Waals surface area contributed by atoms with Gasteiger partial charge in [0.05, 0.1) is 23.4 Å². The van der Waals surface area contributed by atoms with Gasteiger partial charge in [0.15, 0.2) is 0 Å². The second-order valence-electron chi connectivity index (χ2n) is 3.60. The summed E-state index contributed by atoms with van der Waals surface area (Å²) in [6, 6.07) is 8.06. The Kier molecular flexibility index (Phi) is 3.44. The van der Waals surface area contributed by atoms with Crippen molar-refractivity contribution < 1.29 is 9.34 Å². The number of hydrazine groups is 1. The molecule has 18 heavy (non-hydrogen) atoms. The highest BCUT2D eigenvalue weighted by molar-refractivity contribution is 5.63. The van der Waals surface area contributed by atoms with E-state index in [1.165, 1.54) is 12.1 Å². The van der Waals surface area contributed by atoms with Crippen LogP contribution in [0.4, 0.5) is 17.1 Å². The van der Waals surface area contributed by atoms with Crippen LogP contribution in [-0.2, 0) is 6.54 Å². The molecule has 94 valence electrons. The first kappa shape index (κ1) is 11.9. The average molecular weight is 248 g/mol. The van der Waals surface area contributed by atoms with Crippen LogP contribution in [0.5, 0.6) is 0 Å². The molecule has 0 aliphatic heterocycles. The highest BCUT2D eigenvalue weighted by Gasteiger charge is 2.09. The number of rotatable bonds is 5. The number of furan rings is 1. The third kappa shape index (κ3) is 2.77. The van der Waals surface area contributed by atoms with Crippen molar-refractivity contribution in [2.45, 2.75) is 6.54 Å². The van der Waals surface area contributed by atoms with E-state index in [0.717, 1.165) is 5.76 Å². The van der Waals surface area contributed by atoms with Crippen molar-refractivity contribution in [3.63, 3.8) is 0 Å². The van der Waals surface area contributed by atoms with Crippen molar-refractivity contribution in [3.8, 4) is 0 Å². The number of nitro benzene ring substituents is 1. The Balaban J connectivity index is 2.16. The van der Waals surface area contributed by atoms with Gasteiger partial charge in [-0.25, -0.2) is 0 Å². The molecule has 1 aromatic heterocycles. The number of nitrogens with zero attached hydrogens (tertiary/aromatic N) is 1. The van der Waals surface area contributed by atoms with Gasteiger partial charge in [-0.05, 0) is 18.2 Å². The standard InChI is InChI=1S/C11H12N4O3/c12-14-9-4-8(5-10(6-9)15(16)17)13-7-11-2-1-3-18-11/h1-6,13-14H,7,12H2. The van der Waals surface area contributed by atoms with Crippen LogP contribution < -0.4 is 16.6 Å². The molecule has 7 nitrogen and oxygen atoms in total. The van der Waals surface area contributed by atoms with Gasteiger partial charge in [-0.15, -0.1) is 0 Å². The summed E-state index contributed by atoms with van der Waals surface area (Å²) >= 11 is 0. The molecule has 0 unspecified atom stereocenters. The topological polar surface area (TPSA) is 106 Å². The van der Waals surface area contributed by atoms with Gasteiger partial charge in [-0.2, -0.15) is 0 Å². The summed E-state index contributed by atoms with van der Waals surface area (Å²) in [6.07, 6.45) is 1.57. The maximum Gasteiger partial charge on any atom is 0.273 e. The fraction of sp³-hybridized carbons (Fsp3) is 0.0909. The van der Waals surface area contributed by atoms with E-state index in [9.17, 15) is 10.1 Å². The number of benzene rings is 1. The van der Waals surface area contributed by atoms with Gasteiger partial charge in [0, 0.05) is 17.8 Å². The predicted octanol–water partition coefficient (Wildman–Crippen LogP) is 2.09. The Morgan fingerprint density at radius 2 is 2.11 bits per heavy atom. The maximum absolute atomic E-state index is 10.7. The SMILES string of the molecule is NNc1cc(NCc2ccco2)cc([N+](=O)[O-])c1. The minimum Gasteiger partial charge on any atom is -0.467 e. The van der Waals surface area contributed by atoms with E-state index in [1.54, 1.807) is 18.4 Å². The molecule has 1 heterocycles. The number of non-ortho nitro benzene ring substituents is 1. The van der Waals surface area contributed by atoms with Crippen LogP contribution in [0.3, 0.4) is 0 Å². The number of nitrogens with one attached hydrogen (secondary N) is 2. The lowest BCUT2D eigenvalue weighted by Gasteiger charge is -2.07. The number of anilines is 2. The van der Waals surface area contributed by atoms with E-state index in [-0.39, 0.29) is 5.69 Å². The Bertz CT molecular complexity index is 539. The molecule has 0 fully saturated rings. The zero-order valence-electron chi connectivity index (χ0n) is 9.42. The lowest BCUT2D eigenvalue weighted by molar-refractivity contribution is -0.384. The zero-order chi connectivity index (χ0) is 13.0. The Labute approximate surface area is 103 Å². The molecule has 0 radical (unpaired) electrons. The monoisotopic (exact) mass is 248 g/mol. The first-order valence-corrected chi connectivity index (χ1v) is 5.21. The minimum atomic E-state index is -0.473. The lowest BCUT2D eigenvalue weighted by Crippen LogP contribution is -2.08. The molecule has 0 aliphatic rings. The summed E-state index contributed by atoms with van der Waals surface area (Å²) in [7, 11) is 0. The van der Waals surface area contributed by atoms with Crippen molar-refractivity contribution in [2.24, 2.45) is 5.84 Å². The maximum atomic E-state index is 10.7. The van der Waals surface area contributed by atoms with Crippen molar-refractivity contribution >= 4 is 17.1 Å². The van der Waals surface area contributed by atoms with E-state index < -0.39 is 4.92 Å². The van der Waals surface area contributed by atoms with Crippen molar-refractivity contribution in [2.75, 3.05) is 10.7 Å². The predicted molar refractivity (Wildman–Crippen MR) is 66.9 cm³/mol. The van der Waals surface area contributed by atoms with Crippen molar-refractivity contribution in [1.29, 1.82) is 0 Å². The molecule has 2 aromatic rings. The Morgan fingerprint density at radius 3 is 2.72 bits per heavy atom. The fourth-order valence-corrected chi connectivity index (χ4v) is 1.50. The molecule has 4 N–H and O–H groups in total. The third-order valence-corrected chi connectivity index (χ3v) is 2.34. The van der Waals surface area contributed by atoms with Gasteiger partial charge in [-0.3, -0.25) is 16.0 Å². The van der Waals surface area contributed by atoms with Crippen LogP contribution in [0.2, 0.25) is 0 Å². The summed E-state index contributed by atoms with van der Waals surface area (Å²) < 4.78 is 5.15. The Morgan fingerprint density at radius 1 is 1.33 bits per heavy atom. The van der Waals surface area contributed by atoms with Crippen LogP contribution in [-0.4, -0.2) is 4.92 Å². The molecule has 2 rings (SSSR count). The molecular formula is C11H12N4O3. The number of hydrogen-bond donors (Lipinski definition) is 3. The van der Waals surface area contributed by atoms with Crippen LogP contribution in [0.15, 0.2) is 41.0 Å². The molecule has 0 amide bonds. The first-order chi connectivity index (χ1) is 8.69. The van der Waals surface area contributed by atoms with Gasteiger partial charge in [0.25, 0.3) is 5.69 Å². The summed E-state index contributed by atoms with van der Waals surface area (Å²) in [5, 5.41) is 13.8. The molecule has 0 spiro atoms. The van der Waals surface area contributed by atoms with Gasteiger partial charge < -0.3 is 15.2 Å². The third-order valence-electron chi connectivity index (χ3n) is 2.34. The molecule has 1 aromatic carbocycles. The van der Waals surface area contributed by atoms with Gasteiger partial charge in [0.2, 0.25) is 0 Å². The van der Waals surface area contributed by atoms with E-state index in [1.807, 2.05) is 6.07 Å². The van der Waals surface area contributed by atoms with Crippen LogP contribution in [0.25, 0.3) is 0 Å². The number of hydrogen-bond acceptors (Lipinski definition) is 6. The zero-order valence-corrected chi connectivity index (χ0v) is 9.42. The fourth-order valence-electron chi connectivity index (χ4n) is 1.50. The Hall–Kier alpha value is -2.54. The molecule has 0 saturated heterocycles. The normalized spacial score (nSPS) is 10.1. The molecule has 0 aliphatic carbocycles. The first-order valence-electron chi connectivity index (χ1n) is 5.21. The summed E-state index contributed by atoms with van der Waals surface area (Å²) in [4.78, 5) is 10.3. The number of nitrogen functional groups attached to an aromatic ring is 1. The molecule has 0 saturated carbocycles. The van der Waals surface area contributed by atoms with Gasteiger partial charge in [0.1, 0.15) is 5.76 Å². The molecular weight excluding hydrogens is 236 g/mol. The molecule has 0 atom stereocenters. The van der Waals surface area contributed by atoms with Crippen molar-refractivity contribution in [3.05, 3.63) is 52.5 Å². The van der Waals surface area contributed by atoms with Gasteiger partial charge in [-0.1, -0.05) is 0 Å². The lowest BCUT2D eigenvalue weighted by atomic mass is 10.2.